The average Bonchev–Trinajstić information content (AvgIpc) is 2.33. The highest BCUT2D eigenvalue weighted by Crippen LogP contribution is 2.10. The first-order chi connectivity index (χ1) is 8.45. The quantitative estimate of drug-likeness (QED) is 0.682. The summed E-state index contributed by atoms with van der Waals surface area (Å²) in [5, 5.41) is 3.41. The molecule has 1 unspecified atom stereocenters. The fraction of sp³-hybridized carbons (Fsp3) is 1.00. The molecule has 0 aliphatic carbocycles. The van der Waals surface area contributed by atoms with Crippen LogP contribution in [0.1, 0.15) is 26.7 Å². The van der Waals surface area contributed by atoms with Crippen LogP contribution in [-0.2, 0) is 10.0 Å². The van der Waals surface area contributed by atoms with E-state index in [0.717, 1.165) is 32.6 Å². The maximum absolute atomic E-state index is 11.4. The van der Waals surface area contributed by atoms with Crippen molar-refractivity contribution in [2.45, 2.75) is 32.7 Å². The van der Waals surface area contributed by atoms with Gasteiger partial charge in [-0.25, -0.2) is 8.42 Å². The highest BCUT2D eigenvalue weighted by molar-refractivity contribution is 7.88. The smallest absolute Gasteiger partial charge is 0.211 e. The van der Waals surface area contributed by atoms with E-state index in [1.807, 2.05) is 0 Å². The van der Waals surface area contributed by atoms with Crippen LogP contribution in [0.3, 0.4) is 0 Å². The summed E-state index contributed by atoms with van der Waals surface area (Å²) in [7, 11) is -3.00. The van der Waals surface area contributed by atoms with Crippen molar-refractivity contribution in [2.24, 2.45) is 0 Å². The molecule has 6 heteroatoms. The Balaban J connectivity index is 2.25. The molecule has 0 aromatic rings. The van der Waals surface area contributed by atoms with E-state index in [1.54, 1.807) is 4.31 Å². The second-order valence-corrected chi connectivity index (χ2v) is 7.07. The minimum Gasteiger partial charge on any atom is -0.317 e. The number of nitrogens with zero attached hydrogens (tertiary/aromatic N) is 2. The molecule has 1 saturated heterocycles. The first-order valence-corrected chi connectivity index (χ1v) is 8.70. The van der Waals surface area contributed by atoms with Gasteiger partial charge in [-0.2, -0.15) is 4.31 Å². The Morgan fingerprint density at radius 3 is 2.28 bits per heavy atom. The lowest BCUT2D eigenvalue weighted by Crippen LogP contribution is -2.51. The highest BCUT2D eigenvalue weighted by Gasteiger charge is 2.25. The van der Waals surface area contributed by atoms with Crippen LogP contribution in [0.4, 0.5) is 0 Å². The zero-order valence-corrected chi connectivity index (χ0v) is 12.7. The minimum atomic E-state index is -3.00. The van der Waals surface area contributed by atoms with Crippen molar-refractivity contribution in [3.8, 4) is 0 Å². The van der Waals surface area contributed by atoms with E-state index in [-0.39, 0.29) is 0 Å². The monoisotopic (exact) mass is 277 g/mol. The first-order valence-electron chi connectivity index (χ1n) is 6.85. The summed E-state index contributed by atoms with van der Waals surface area (Å²) in [4.78, 5) is 2.38. The van der Waals surface area contributed by atoms with E-state index in [0.29, 0.717) is 19.1 Å². The SMILES string of the molecule is CCCNCCC(C)N1CCN(S(C)(=O)=O)CC1. The van der Waals surface area contributed by atoms with Crippen LogP contribution in [0.25, 0.3) is 0 Å². The third-order valence-electron chi connectivity index (χ3n) is 3.53. The maximum atomic E-state index is 11.4. The number of rotatable bonds is 7. The Hall–Kier alpha value is -0.170. The minimum absolute atomic E-state index is 0.524. The third-order valence-corrected chi connectivity index (χ3v) is 4.83. The second kappa shape index (κ2) is 7.43. The molecule has 0 bridgehead atoms. The van der Waals surface area contributed by atoms with Crippen LogP contribution < -0.4 is 5.32 Å². The molecule has 108 valence electrons. The predicted molar refractivity (Wildman–Crippen MR) is 75.2 cm³/mol. The lowest BCUT2D eigenvalue weighted by atomic mass is 10.2. The number of sulfonamides is 1. The van der Waals surface area contributed by atoms with E-state index in [9.17, 15) is 8.42 Å². The van der Waals surface area contributed by atoms with Crippen molar-refractivity contribution in [2.75, 3.05) is 45.5 Å². The lowest BCUT2D eigenvalue weighted by Gasteiger charge is -2.37. The van der Waals surface area contributed by atoms with Crippen molar-refractivity contribution in [1.29, 1.82) is 0 Å². The summed E-state index contributed by atoms with van der Waals surface area (Å²) in [6.45, 7) is 9.47. The molecule has 0 amide bonds. The van der Waals surface area contributed by atoms with Crippen molar-refractivity contribution in [1.82, 2.24) is 14.5 Å². The van der Waals surface area contributed by atoms with Crippen molar-refractivity contribution < 1.29 is 8.42 Å². The molecule has 0 spiro atoms. The van der Waals surface area contributed by atoms with Gasteiger partial charge in [0.15, 0.2) is 0 Å². The van der Waals surface area contributed by atoms with Crippen LogP contribution in [-0.4, -0.2) is 69.2 Å². The van der Waals surface area contributed by atoms with Gasteiger partial charge in [-0.1, -0.05) is 6.92 Å². The van der Waals surface area contributed by atoms with E-state index >= 15 is 0 Å². The Labute approximate surface area is 112 Å². The Kier molecular flexibility index (Phi) is 6.55. The number of hydrogen-bond acceptors (Lipinski definition) is 4. The molecule has 0 aromatic heterocycles. The van der Waals surface area contributed by atoms with Crippen LogP contribution in [0.5, 0.6) is 0 Å². The summed E-state index contributed by atoms with van der Waals surface area (Å²) in [5.74, 6) is 0. The molecule has 1 atom stereocenters. The Morgan fingerprint density at radius 2 is 1.78 bits per heavy atom. The van der Waals surface area contributed by atoms with Gasteiger partial charge in [-0.15, -0.1) is 0 Å². The molecule has 1 aliphatic rings. The fourth-order valence-corrected chi connectivity index (χ4v) is 3.10. The van der Waals surface area contributed by atoms with Crippen LogP contribution in [0, 0.1) is 0 Å². The highest BCUT2D eigenvalue weighted by atomic mass is 32.2. The van der Waals surface area contributed by atoms with Crippen LogP contribution in [0.15, 0.2) is 0 Å². The molecule has 1 heterocycles. The summed E-state index contributed by atoms with van der Waals surface area (Å²) < 4.78 is 24.4. The standard InChI is InChI=1S/C12H27N3O2S/c1-4-6-13-7-5-12(2)14-8-10-15(11-9-14)18(3,16)17/h12-13H,4-11H2,1-3H3. The molecule has 5 nitrogen and oxygen atoms in total. The number of piperazine rings is 1. The topological polar surface area (TPSA) is 52.6 Å². The third kappa shape index (κ3) is 5.22. The van der Waals surface area contributed by atoms with E-state index in [1.165, 1.54) is 12.7 Å². The molecule has 1 N–H and O–H groups in total. The van der Waals surface area contributed by atoms with Gasteiger partial charge in [-0.05, 0) is 32.9 Å². The normalized spacial score (nSPS) is 21.1. The van der Waals surface area contributed by atoms with Gasteiger partial charge in [0.2, 0.25) is 10.0 Å². The summed E-state index contributed by atoms with van der Waals surface area (Å²) in [5.41, 5.74) is 0. The summed E-state index contributed by atoms with van der Waals surface area (Å²) >= 11 is 0. The van der Waals surface area contributed by atoms with Crippen molar-refractivity contribution in [3.63, 3.8) is 0 Å². The molecule has 18 heavy (non-hydrogen) atoms. The van der Waals surface area contributed by atoms with Gasteiger partial charge in [0, 0.05) is 32.2 Å². The fourth-order valence-electron chi connectivity index (χ4n) is 2.27. The Morgan fingerprint density at radius 1 is 1.17 bits per heavy atom. The molecule has 0 saturated carbocycles. The van der Waals surface area contributed by atoms with E-state index in [4.69, 9.17) is 0 Å². The van der Waals surface area contributed by atoms with Crippen molar-refractivity contribution >= 4 is 10.0 Å². The van der Waals surface area contributed by atoms with Gasteiger partial charge in [0.1, 0.15) is 0 Å². The van der Waals surface area contributed by atoms with Gasteiger partial charge < -0.3 is 5.32 Å². The summed E-state index contributed by atoms with van der Waals surface area (Å²) in [6, 6.07) is 0.524. The average molecular weight is 277 g/mol. The van der Waals surface area contributed by atoms with Gasteiger partial charge in [0.25, 0.3) is 0 Å². The van der Waals surface area contributed by atoms with Gasteiger partial charge in [0.05, 0.1) is 6.26 Å². The number of nitrogens with one attached hydrogen (secondary N) is 1. The molecule has 0 aromatic carbocycles. The molecule has 0 radical (unpaired) electrons. The van der Waals surface area contributed by atoms with Crippen LogP contribution >= 0.6 is 0 Å². The van der Waals surface area contributed by atoms with Gasteiger partial charge in [-0.3, -0.25) is 4.90 Å². The van der Waals surface area contributed by atoms with Crippen LogP contribution in [0.2, 0.25) is 0 Å². The molecule has 1 fully saturated rings. The van der Waals surface area contributed by atoms with E-state index < -0.39 is 10.0 Å². The zero-order valence-electron chi connectivity index (χ0n) is 11.9. The van der Waals surface area contributed by atoms with Gasteiger partial charge >= 0.3 is 0 Å². The molecule has 1 aliphatic heterocycles. The predicted octanol–water partition coefficient (Wildman–Crippen LogP) is 0.342. The molecular weight excluding hydrogens is 250 g/mol. The molecule has 1 rings (SSSR count). The zero-order chi connectivity index (χ0) is 13.6. The lowest BCUT2D eigenvalue weighted by molar-refractivity contribution is 0.140. The second-order valence-electron chi connectivity index (χ2n) is 5.09. The van der Waals surface area contributed by atoms with E-state index in [2.05, 4.69) is 24.1 Å². The first kappa shape index (κ1) is 15.9. The number of hydrogen-bond donors (Lipinski definition) is 1. The summed E-state index contributed by atoms with van der Waals surface area (Å²) in [6.07, 6.45) is 3.58. The largest absolute Gasteiger partial charge is 0.317 e. The maximum Gasteiger partial charge on any atom is 0.211 e. The van der Waals surface area contributed by atoms with Crippen molar-refractivity contribution in [3.05, 3.63) is 0 Å². The Bertz CT molecular complexity index is 324. The molecular formula is C12H27N3O2S.